The number of allylic oxidation sites excluding steroid dienone is 2. The van der Waals surface area contributed by atoms with Gasteiger partial charge in [0.15, 0.2) is 0 Å². The monoisotopic (exact) mass is 155 g/mol. The molecule has 0 aromatic heterocycles. The summed E-state index contributed by atoms with van der Waals surface area (Å²) in [7, 11) is 1.23. The molecule has 0 bridgehead atoms. The van der Waals surface area contributed by atoms with Crippen LogP contribution in [-0.2, 0) is 14.3 Å². The minimum atomic E-state index is -1.31. The number of rotatable bonds is 3. The van der Waals surface area contributed by atoms with Gasteiger partial charge in [-0.1, -0.05) is 12.2 Å². The van der Waals surface area contributed by atoms with E-state index in [1.807, 2.05) is 0 Å². The van der Waals surface area contributed by atoms with Crippen LogP contribution in [0.15, 0.2) is 24.3 Å². The fourth-order valence-electron chi connectivity index (χ4n) is 0.336. The lowest BCUT2D eigenvalue weighted by molar-refractivity contribution is -0.297. The van der Waals surface area contributed by atoms with Gasteiger partial charge in [0.25, 0.3) is 0 Å². The van der Waals surface area contributed by atoms with E-state index >= 15 is 0 Å². The molecular formula is C7H7O4-. The zero-order chi connectivity index (χ0) is 8.69. The largest absolute Gasteiger partial charge is 0.545 e. The second-order valence-electron chi connectivity index (χ2n) is 1.56. The predicted molar refractivity (Wildman–Crippen MR) is 35.3 cm³/mol. The lowest BCUT2D eigenvalue weighted by atomic mass is 10.4. The molecule has 0 aliphatic heterocycles. The summed E-state index contributed by atoms with van der Waals surface area (Å²) in [6.07, 6.45) is 4.33. The van der Waals surface area contributed by atoms with Crippen LogP contribution < -0.4 is 5.11 Å². The molecule has 0 rings (SSSR count). The third-order valence-electron chi connectivity index (χ3n) is 0.777. The van der Waals surface area contributed by atoms with Gasteiger partial charge in [0.05, 0.1) is 13.1 Å². The van der Waals surface area contributed by atoms with Gasteiger partial charge in [-0.15, -0.1) is 0 Å². The van der Waals surface area contributed by atoms with Crippen molar-refractivity contribution in [2.24, 2.45) is 0 Å². The molecule has 11 heavy (non-hydrogen) atoms. The number of carbonyl (C=O) groups excluding carboxylic acids is 2. The summed E-state index contributed by atoms with van der Waals surface area (Å²) in [6.45, 7) is 0. The van der Waals surface area contributed by atoms with Gasteiger partial charge in [-0.25, -0.2) is 4.79 Å². The third-order valence-corrected chi connectivity index (χ3v) is 0.777. The standard InChI is InChI=1S/C7H8O4/c1-11-7(10)5-3-2-4-6(8)9/h2-5H,1H3,(H,8,9)/p-1/b4-2+,5-3+. The molecule has 0 radical (unpaired) electrons. The smallest absolute Gasteiger partial charge is 0.330 e. The van der Waals surface area contributed by atoms with Crippen molar-refractivity contribution in [2.75, 3.05) is 7.11 Å². The normalized spacial score (nSPS) is 10.6. The van der Waals surface area contributed by atoms with Crippen molar-refractivity contribution in [2.45, 2.75) is 0 Å². The molecule has 0 aromatic rings. The summed E-state index contributed by atoms with van der Waals surface area (Å²) in [5.74, 6) is -1.84. The van der Waals surface area contributed by atoms with Crippen LogP contribution >= 0.6 is 0 Å². The minimum absolute atomic E-state index is 0.534. The molecule has 0 spiro atoms. The van der Waals surface area contributed by atoms with Crippen LogP contribution in [0, 0.1) is 0 Å². The van der Waals surface area contributed by atoms with E-state index in [0.717, 1.165) is 12.2 Å². The van der Waals surface area contributed by atoms with Crippen molar-refractivity contribution in [3.05, 3.63) is 24.3 Å². The van der Waals surface area contributed by atoms with Crippen LogP contribution in [0.5, 0.6) is 0 Å². The molecule has 0 N–H and O–H groups in total. The molecule has 0 aliphatic rings. The summed E-state index contributed by atoms with van der Waals surface area (Å²) in [6, 6.07) is 0. The van der Waals surface area contributed by atoms with Gasteiger partial charge < -0.3 is 14.6 Å². The summed E-state index contributed by atoms with van der Waals surface area (Å²) in [5, 5.41) is 9.77. The maximum absolute atomic E-state index is 10.4. The van der Waals surface area contributed by atoms with Crippen molar-refractivity contribution in [1.29, 1.82) is 0 Å². The van der Waals surface area contributed by atoms with Gasteiger partial charge >= 0.3 is 5.97 Å². The van der Waals surface area contributed by atoms with Gasteiger partial charge in [0.1, 0.15) is 0 Å². The van der Waals surface area contributed by atoms with Crippen molar-refractivity contribution >= 4 is 11.9 Å². The highest BCUT2D eigenvalue weighted by Crippen LogP contribution is 1.79. The Hall–Kier alpha value is -1.58. The minimum Gasteiger partial charge on any atom is -0.545 e. The molecule has 0 saturated heterocycles. The van der Waals surface area contributed by atoms with Crippen LogP contribution in [0.4, 0.5) is 0 Å². The fourth-order valence-corrected chi connectivity index (χ4v) is 0.336. The van der Waals surface area contributed by atoms with E-state index in [0.29, 0.717) is 0 Å². The summed E-state index contributed by atoms with van der Waals surface area (Å²) in [5.41, 5.74) is 0. The van der Waals surface area contributed by atoms with Gasteiger partial charge in [0.2, 0.25) is 0 Å². The first kappa shape index (κ1) is 9.42. The molecule has 0 atom stereocenters. The fraction of sp³-hybridized carbons (Fsp3) is 0.143. The Balaban J connectivity index is 3.77. The zero-order valence-corrected chi connectivity index (χ0v) is 5.94. The number of carboxylic acid groups (broad SMARTS) is 1. The Morgan fingerprint density at radius 3 is 2.27 bits per heavy atom. The third kappa shape index (κ3) is 6.30. The molecule has 4 nitrogen and oxygen atoms in total. The first-order valence-corrected chi connectivity index (χ1v) is 2.80. The number of carbonyl (C=O) groups is 2. The van der Waals surface area contributed by atoms with Crippen LogP contribution in [0.25, 0.3) is 0 Å². The predicted octanol–water partition coefficient (Wildman–Crippen LogP) is -0.978. The Morgan fingerprint density at radius 2 is 1.82 bits per heavy atom. The van der Waals surface area contributed by atoms with Crippen molar-refractivity contribution in [3.8, 4) is 0 Å². The van der Waals surface area contributed by atoms with E-state index in [2.05, 4.69) is 4.74 Å². The van der Waals surface area contributed by atoms with Crippen LogP contribution in [0.1, 0.15) is 0 Å². The second kappa shape index (κ2) is 5.22. The Kier molecular flexibility index (Phi) is 4.47. The highest BCUT2D eigenvalue weighted by Gasteiger charge is 1.85. The highest BCUT2D eigenvalue weighted by molar-refractivity contribution is 5.83. The van der Waals surface area contributed by atoms with Crippen molar-refractivity contribution in [1.82, 2.24) is 0 Å². The molecule has 0 saturated carbocycles. The SMILES string of the molecule is COC(=O)/C=C/C=C/C(=O)[O-]. The Labute approximate surface area is 63.8 Å². The average Bonchev–Trinajstić information content (AvgIpc) is 1.97. The molecule has 0 aromatic carbocycles. The number of hydrogen-bond acceptors (Lipinski definition) is 4. The highest BCUT2D eigenvalue weighted by atomic mass is 16.5. The lowest BCUT2D eigenvalue weighted by Crippen LogP contribution is -2.18. The maximum atomic E-state index is 10.4. The van der Waals surface area contributed by atoms with Gasteiger partial charge in [-0.2, -0.15) is 0 Å². The lowest BCUT2D eigenvalue weighted by Gasteiger charge is -1.87. The molecule has 0 unspecified atom stereocenters. The number of hydrogen-bond donors (Lipinski definition) is 0. The molecule has 4 heteroatoms. The topological polar surface area (TPSA) is 66.4 Å². The molecule has 0 fully saturated rings. The first-order valence-electron chi connectivity index (χ1n) is 2.80. The molecular weight excluding hydrogens is 148 g/mol. The summed E-state index contributed by atoms with van der Waals surface area (Å²) < 4.78 is 4.23. The van der Waals surface area contributed by atoms with Crippen molar-refractivity contribution < 1.29 is 19.4 Å². The zero-order valence-electron chi connectivity index (χ0n) is 5.94. The quantitative estimate of drug-likeness (QED) is 0.298. The Bertz CT molecular complexity index is 202. The van der Waals surface area contributed by atoms with Gasteiger partial charge in [0, 0.05) is 6.08 Å². The van der Waals surface area contributed by atoms with E-state index in [4.69, 9.17) is 0 Å². The molecule has 0 aliphatic carbocycles. The van der Waals surface area contributed by atoms with Gasteiger partial charge in [-0.3, -0.25) is 0 Å². The molecule has 0 heterocycles. The first-order chi connectivity index (χ1) is 5.16. The molecule has 0 amide bonds. The number of carboxylic acids is 1. The summed E-state index contributed by atoms with van der Waals surface area (Å²) in [4.78, 5) is 20.1. The number of ether oxygens (including phenoxy) is 1. The number of esters is 1. The second-order valence-corrected chi connectivity index (χ2v) is 1.56. The van der Waals surface area contributed by atoms with Crippen LogP contribution in [-0.4, -0.2) is 19.0 Å². The number of methoxy groups -OCH3 is 1. The maximum Gasteiger partial charge on any atom is 0.330 e. The van der Waals surface area contributed by atoms with E-state index in [9.17, 15) is 14.7 Å². The Morgan fingerprint density at radius 1 is 1.27 bits per heavy atom. The van der Waals surface area contributed by atoms with Crippen LogP contribution in [0.3, 0.4) is 0 Å². The number of aliphatic carboxylic acids is 1. The van der Waals surface area contributed by atoms with Crippen molar-refractivity contribution in [3.63, 3.8) is 0 Å². The van der Waals surface area contributed by atoms with E-state index < -0.39 is 11.9 Å². The van der Waals surface area contributed by atoms with Crippen LogP contribution in [0.2, 0.25) is 0 Å². The van der Waals surface area contributed by atoms with E-state index in [1.54, 1.807) is 0 Å². The molecule has 60 valence electrons. The van der Waals surface area contributed by atoms with E-state index in [-0.39, 0.29) is 0 Å². The summed E-state index contributed by atoms with van der Waals surface area (Å²) >= 11 is 0. The average molecular weight is 155 g/mol. The van der Waals surface area contributed by atoms with E-state index in [1.165, 1.54) is 19.3 Å². The van der Waals surface area contributed by atoms with Gasteiger partial charge in [-0.05, 0) is 6.08 Å².